The second-order valence-electron chi connectivity index (χ2n) is 3.81. The van der Waals surface area contributed by atoms with Gasteiger partial charge in [-0.25, -0.2) is 0 Å². The summed E-state index contributed by atoms with van der Waals surface area (Å²) in [6.45, 7) is 1.85. The molecule has 6 heteroatoms. The van der Waals surface area contributed by atoms with Crippen molar-refractivity contribution in [2.24, 2.45) is 5.92 Å². The van der Waals surface area contributed by atoms with Gasteiger partial charge in [-0.2, -0.15) is 4.37 Å². The molecule has 5 nitrogen and oxygen atoms in total. The molecule has 15 heavy (non-hydrogen) atoms. The van der Waals surface area contributed by atoms with Crippen molar-refractivity contribution in [2.45, 2.75) is 18.9 Å². The minimum atomic E-state index is -0.481. The molecule has 0 spiro atoms. The summed E-state index contributed by atoms with van der Waals surface area (Å²) in [7, 11) is 0. The third kappa shape index (κ3) is 4.11. The van der Waals surface area contributed by atoms with Crippen molar-refractivity contribution in [1.29, 1.82) is 0 Å². The number of nitrogens with one attached hydrogen (secondary N) is 1. The standard InChI is InChI=1S/C9H15N3O2S/c13-8(4-10-3-7-1-2-7)6-14-9-5-11-15-12-9/h5,7-8,10,13H,1-4,6H2. The van der Waals surface area contributed by atoms with E-state index in [-0.39, 0.29) is 6.61 Å². The van der Waals surface area contributed by atoms with Crippen LogP contribution in [0.2, 0.25) is 0 Å². The Labute approximate surface area is 92.8 Å². The third-order valence-corrected chi connectivity index (χ3v) is 2.74. The third-order valence-electron chi connectivity index (χ3n) is 2.27. The molecule has 1 atom stereocenters. The monoisotopic (exact) mass is 229 g/mol. The van der Waals surface area contributed by atoms with E-state index in [1.807, 2.05) is 0 Å². The van der Waals surface area contributed by atoms with Crippen molar-refractivity contribution in [2.75, 3.05) is 19.7 Å². The van der Waals surface area contributed by atoms with Gasteiger partial charge in [-0.05, 0) is 25.3 Å². The summed E-state index contributed by atoms with van der Waals surface area (Å²) in [4.78, 5) is 0. The lowest BCUT2D eigenvalue weighted by atomic mass is 10.3. The van der Waals surface area contributed by atoms with Gasteiger partial charge in [-0.15, -0.1) is 4.37 Å². The van der Waals surface area contributed by atoms with Crippen LogP contribution >= 0.6 is 11.7 Å². The maximum atomic E-state index is 9.55. The van der Waals surface area contributed by atoms with Crippen LogP contribution in [0.1, 0.15) is 12.8 Å². The van der Waals surface area contributed by atoms with E-state index >= 15 is 0 Å². The fourth-order valence-electron chi connectivity index (χ4n) is 1.24. The van der Waals surface area contributed by atoms with Gasteiger partial charge in [0.15, 0.2) is 0 Å². The molecule has 0 amide bonds. The molecule has 1 aliphatic rings. The summed E-state index contributed by atoms with van der Waals surface area (Å²) in [6, 6.07) is 0. The molecular weight excluding hydrogens is 214 g/mol. The van der Waals surface area contributed by atoms with E-state index in [0.29, 0.717) is 12.4 Å². The average Bonchev–Trinajstić information content (AvgIpc) is 2.91. The first-order valence-electron chi connectivity index (χ1n) is 5.13. The first kappa shape index (κ1) is 10.8. The Morgan fingerprint density at radius 2 is 2.53 bits per heavy atom. The molecular formula is C9H15N3O2S. The van der Waals surface area contributed by atoms with Crippen molar-refractivity contribution >= 4 is 11.7 Å². The van der Waals surface area contributed by atoms with E-state index in [9.17, 15) is 5.11 Å². The summed E-state index contributed by atoms with van der Waals surface area (Å²) in [5, 5.41) is 12.8. The molecule has 0 aromatic carbocycles. The highest BCUT2D eigenvalue weighted by atomic mass is 32.1. The quantitative estimate of drug-likeness (QED) is 0.703. The van der Waals surface area contributed by atoms with Gasteiger partial charge in [0.25, 0.3) is 0 Å². The van der Waals surface area contributed by atoms with Gasteiger partial charge >= 0.3 is 0 Å². The van der Waals surface area contributed by atoms with Gasteiger partial charge in [0.2, 0.25) is 5.88 Å². The van der Waals surface area contributed by atoms with Crippen LogP contribution in [0.5, 0.6) is 5.88 Å². The Hall–Kier alpha value is -0.720. The molecule has 0 bridgehead atoms. The minimum absolute atomic E-state index is 0.267. The zero-order valence-corrected chi connectivity index (χ0v) is 9.24. The van der Waals surface area contributed by atoms with Crippen LogP contribution < -0.4 is 10.1 Å². The van der Waals surface area contributed by atoms with Gasteiger partial charge in [-0.3, -0.25) is 0 Å². The van der Waals surface area contributed by atoms with E-state index < -0.39 is 6.10 Å². The fourth-order valence-corrected chi connectivity index (χ4v) is 1.60. The highest BCUT2D eigenvalue weighted by Gasteiger charge is 2.20. The topological polar surface area (TPSA) is 67.3 Å². The van der Waals surface area contributed by atoms with Crippen molar-refractivity contribution in [3.63, 3.8) is 0 Å². The fraction of sp³-hybridized carbons (Fsp3) is 0.778. The van der Waals surface area contributed by atoms with Gasteiger partial charge < -0.3 is 15.2 Å². The van der Waals surface area contributed by atoms with Crippen LogP contribution in [0.4, 0.5) is 0 Å². The molecule has 2 rings (SSSR count). The lowest BCUT2D eigenvalue weighted by molar-refractivity contribution is 0.104. The van der Waals surface area contributed by atoms with Crippen LogP contribution in [0.15, 0.2) is 6.20 Å². The van der Waals surface area contributed by atoms with Crippen LogP contribution in [0.25, 0.3) is 0 Å². The molecule has 1 aromatic heterocycles. The molecule has 1 unspecified atom stereocenters. The number of aliphatic hydroxyl groups is 1. The Morgan fingerprint density at radius 1 is 1.67 bits per heavy atom. The second-order valence-corrected chi connectivity index (χ2v) is 4.37. The van der Waals surface area contributed by atoms with Gasteiger partial charge in [-0.1, -0.05) is 0 Å². The number of hydrogen-bond donors (Lipinski definition) is 2. The lowest BCUT2D eigenvalue weighted by Crippen LogP contribution is -2.32. The van der Waals surface area contributed by atoms with Crippen LogP contribution in [-0.2, 0) is 0 Å². The lowest BCUT2D eigenvalue weighted by Gasteiger charge is -2.11. The summed E-state index contributed by atoms with van der Waals surface area (Å²) in [5.74, 6) is 1.32. The highest BCUT2D eigenvalue weighted by molar-refractivity contribution is 6.99. The zero-order valence-electron chi connectivity index (χ0n) is 8.43. The van der Waals surface area contributed by atoms with Crippen LogP contribution in [0, 0.1) is 5.92 Å². The number of hydrogen-bond acceptors (Lipinski definition) is 6. The summed E-state index contributed by atoms with van der Waals surface area (Å²) < 4.78 is 12.9. The maximum Gasteiger partial charge on any atom is 0.245 e. The predicted molar refractivity (Wildman–Crippen MR) is 57.0 cm³/mol. The minimum Gasteiger partial charge on any atom is -0.473 e. The number of aromatic nitrogens is 2. The first-order chi connectivity index (χ1) is 7.34. The maximum absolute atomic E-state index is 9.55. The Morgan fingerprint density at radius 3 is 3.20 bits per heavy atom. The molecule has 1 heterocycles. The number of rotatable bonds is 7. The molecule has 1 aromatic rings. The number of ether oxygens (including phenoxy) is 1. The van der Waals surface area contributed by atoms with Gasteiger partial charge in [0.05, 0.1) is 11.7 Å². The number of nitrogens with zero attached hydrogens (tertiary/aromatic N) is 2. The molecule has 0 aliphatic heterocycles. The smallest absolute Gasteiger partial charge is 0.245 e. The molecule has 2 N–H and O–H groups in total. The SMILES string of the molecule is OC(CNCC1CC1)COc1cnsn1. The molecule has 0 radical (unpaired) electrons. The van der Waals surface area contributed by atoms with Crippen LogP contribution in [-0.4, -0.2) is 39.7 Å². The van der Waals surface area contributed by atoms with E-state index in [0.717, 1.165) is 24.2 Å². The molecule has 1 aliphatic carbocycles. The Kier molecular flexibility index (Phi) is 3.87. The van der Waals surface area contributed by atoms with Crippen molar-refractivity contribution in [1.82, 2.24) is 14.1 Å². The van der Waals surface area contributed by atoms with E-state index in [2.05, 4.69) is 14.1 Å². The predicted octanol–water partition coefficient (Wildman–Crippen LogP) is 0.277. The van der Waals surface area contributed by atoms with E-state index in [1.165, 1.54) is 12.8 Å². The van der Waals surface area contributed by atoms with Crippen molar-refractivity contribution in [3.05, 3.63) is 6.20 Å². The highest BCUT2D eigenvalue weighted by Crippen LogP contribution is 2.27. The largest absolute Gasteiger partial charge is 0.473 e. The summed E-state index contributed by atoms with van der Waals surface area (Å²) >= 11 is 1.10. The Balaban J connectivity index is 1.53. The van der Waals surface area contributed by atoms with E-state index in [1.54, 1.807) is 6.20 Å². The van der Waals surface area contributed by atoms with Crippen molar-refractivity contribution in [3.8, 4) is 5.88 Å². The van der Waals surface area contributed by atoms with Gasteiger partial charge in [0.1, 0.15) is 18.9 Å². The molecule has 0 saturated heterocycles. The molecule has 1 fully saturated rings. The van der Waals surface area contributed by atoms with Gasteiger partial charge in [0, 0.05) is 6.54 Å². The molecule has 84 valence electrons. The van der Waals surface area contributed by atoms with Crippen molar-refractivity contribution < 1.29 is 9.84 Å². The zero-order chi connectivity index (χ0) is 10.5. The second kappa shape index (κ2) is 5.39. The Bertz CT molecular complexity index is 277. The average molecular weight is 229 g/mol. The first-order valence-corrected chi connectivity index (χ1v) is 5.87. The number of aliphatic hydroxyl groups excluding tert-OH is 1. The summed E-state index contributed by atoms with van der Waals surface area (Å²) in [5.41, 5.74) is 0. The van der Waals surface area contributed by atoms with E-state index in [4.69, 9.17) is 4.74 Å². The van der Waals surface area contributed by atoms with Crippen LogP contribution in [0.3, 0.4) is 0 Å². The summed E-state index contributed by atoms with van der Waals surface area (Å²) in [6.07, 6.45) is 3.72. The molecule has 1 saturated carbocycles. The normalized spacial score (nSPS) is 17.7.